The summed E-state index contributed by atoms with van der Waals surface area (Å²) in [7, 11) is 0. The van der Waals surface area contributed by atoms with Gasteiger partial charge in [-0.2, -0.15) is 5.10 Å². The molecule has 7 heteroatoms. The van der Waals surface area contributed by atoms with Gasteiger partial charge < -0.3 is 10.1 Å². The van der Waals surface area contributed by atoms with Crippen molar-refractivity contribution in [3.8, 4) is 11.6 Å². The molecule has 0 aliphatic heterocycles. The topological polar surface area (TPSA) is 81.9 Å². The minimum Gasteiger partial charge on any atom is -0.492 e. The molecule has 1 amide bonds. The van der Waals surface area contributed by atoms with Crippen molar-refractivity contribution >= 4 is 11.6 Å². The third kappa shape index (κ3) is 3.50. The van der Waals surface area contributed by atoms with Gasteiger partial charge in [0.1, 0.15) is 18.4 Å². The highest BCUT2D eigenvalue weighted by atomic mass is 16.5. The van der Waals surface area contributed by atoms with E-state index in [2.05, 4.69) is 20.4 Å². The van der Waals surface area contributed by atoms with Crippen LogP contribution in [0.25, 0.3) is 5.82 Å². The second-order valence-corrected chi connectivity index (χ2v) is 5.92. The lowest BCUT2D eigenvalue weighted by Crippen LogP contribution is -2.16. The molecule has 1 aliphatic rings. The van der Waals surface area contributed by atoms with Gasteiger partial charge in [-0.3, -0.25) is 4.79 Å². The number of amides is 1. The molecule has 0 atom stereocenters. The van der Waals surface area contributed by atoms with Crippen LogP contribution >= 0.6 is 0 Å². The zero-order chi connectivity index (χ0) is 17.1. The molecule has 4 rings (SSSR count). The molecule has 0 saturated heterocycles. The summed E-state index contributed by atoms with van der Waals surface area (Å²) in [6.45, 7) is 0.654. The molecule has 0 radical (unpaired) electrons. The first kappa shape index (κ1) is 15.3. The summed E-state index contributed by atoms with van der Waals surface area (Å²) in [6.07, 6.45) is 6.99. The molecular formula is C18H17N5O2. The monoisotopic (exact) mass is 335 g/mol. The number of ether oxygens (including phenoxy) is 1. The number of benzene rings is 1. The normalized spacial score (nSPS) is 13.4. The molecule has 0 unspecified atom stereocenters. The van der Waals surface area contributed by atoms with Gasteiger partial charge in [0, 0.05) is 6.20 Å². The second kappa shape index (κ2) is 6.72. The first-order valence-electron chi connectivity index (χ1n) is 8.14. The summed E-state index contributed by atoms with van der Waals surface area (Å²) in [5.74, 6) is 1.47. The number of nitrogens with one attached hydrogen (secondary N) is 1. The van der Waals surface area contributed by atoms with Gasteiger partial charge in [-0.25, -0.2) is 14.6 Å². The minimum atomic E-state index is -0.249. The molecule has 25 heavy (non-hydrogen) atoms. The van der Waals surface area contributed by atoms with Crippen LogP contribution in [0.1, 0.15) is 23.2 Å². The Morgan fingerprint density at radius 1 is 1.24 bits per heavy atom. The first-order valence-corrected chi connectivity index (χ1v) is 8.14. The molecule has 1 aliphatic carbocycles. The molecule has 2 heterocycles. The molecule has 0 bridgehead atoms. The molecule has 126 valence electrons. The minimum absolute atomic E-state index is 0.249. The van der Waals surface area contributed by atoms with Gasteiger partial charge in [0.2, 0.25) is 0 Å². The van der Waals surface area contributed by atoms with E-state index in [9.17, 15) is 4.79 Å². The van der Waals surface area contributed by atoms with Gasteiger partial charge in [-0.05, 0) is 43.0 Å². The van der Waals surface area contributed by atoms with Crippen LogP contribution in [0.4, 0.5) is 5.69 Å². The number of pyridine rings is 1. The zero-order valence-corrected chi connectivity index (χ0v) is 13.5. The predicted molar refractivity (Wildman–Crippen MR) is 91.8 cm³/mol. The Kier molecular flexibility index (Phi) is 4.12. The Labute approximate surface area is 144 Å². The predicted octanol–water partition coefficient (Wildman–Crippen LogP) is 2.70. The van der Waals surface area contributed by atoms with Gasteiger partial charge in [0.15, 0.2) is 5.82 Å². The van der Waals surface area contributed by atoms with Crippen molar-refractivity contribution in [1.82, 2.24) is 19.7 Å². The van der Waals surface area contributed by atoms with Crippen LogP contribution in [0.3, 0.4) is 0 Å². The van der Waals surface area contributed by atoms with E-state index in [1.807, 2.05) is 18.2 Å². The Morgan fingerprint density at radius 2 is 2.12 bits per heavy atom. The standard InChI is InChI=1S/C18H17N5O2/c24-18(14-4-1-2-6-16(14)25-10-13-7-8-13)22-15-5-3-9-20-17(15)23-12-19-11-21-23/h1-6,9,11-13H,7-8,10H2,(H,22,24). The molecule has 3 aromatic rings. The lowest BCUT2D eigenvalue weighted by molar-refractivity contribution is 0.102. The third-order valence-corrected chi connectivity index (χ3v) is 3.97. The SMILES string of the molecule is O=C(Nc1cccnc1-n1cncn1)c1ccccc1OCC1CC1. The Balaban J connectivity index is 1.57. The zero-order valence-electron chi connectivity index (χ0n) is 13.5. The van der Waals surface area contributed by atoms with Crippen molar-refractivity contribution < 1.29 is 9.53 Å². The molecule has 7 nitrogen and oxygen atoms in total. The van der Waals surface area contributed by atoms with Crippen molar-refractivity contribution in [3.63, 3.8) is 0 Å². The lowest BCUT2D eigenvalue weighted by atomic mass is 10.2. The Hall–Kier alpha value is -3.22. The van der Waals surface area contributed by atoms with Crippen LogP contribution in [0.5, 0.6) is 5.75 Å². The summed E-state index contributed by atoms with van der Waals surface area (Å²) >= 11 is 0. The fourth-order valence-electron chi connectivity index (χ4n) is 2.46. The molecule has 0 spiro atoms. The summed E-state index contributed by atoms with van der Waals surface area (Å²) in [5, 5.41) is 6.96. The van der Waals surface area contributed by atoms with E-state index < -0.39 is 0 Å². The average molecular weight is 335 g/mol. The maximum atomic E-state index is 12.8. The number of carbonyl (C=O) groups excluding carboxylic acids is 1. The highest BCUT2D eigenvalue weighted by Gasteiger charge is 2.23. The number of para-hydroxylation sites is 1. The number of aromatic nitrogens is 4. The number of nitrogens with zero attached hydrogens (tertiary/aromatic N) is 4. The average Bonchev–Trinajstić information content (AvgIpc) is 3.32. The second-order valence-electron chi connectivity index (χ2n) is 5.92. The summed E-state index contributed by atoms with van der Waals surface area (Å²) in [6, 6.07) is 10.8. The van der Waals surface area contributed by atoms with Gasteiger partial charge in [0.25, 0.3) is 5.91 Å². The number of hydrogen-bond acceptors (Lipinski definition) is 5. The van der Waals surface area contributed by atoms with E-state index >= 15 is 0 Å². The highest BCUT2D eigenvalue weighted by molar-refractivity contribution is 6.06. The molecule has 1 aromatic carbocycles. The molecular weight excluding hydrogens is 318 g/mol. The lowest BCUT2D eigenvalue weighted by Gasteiger charge is -2.13. The smallest absolute Gasteiger partial charge is 0.259 e. The molecule has 1 saturated carbocycles. The quantitative estimate of drug-likeness (QED) is 0.749. The maximum Gasteiger partial charge on any atom is 0.259 e. The van der Waals surface area contributed by atoms with Crippen molar-refractivity contribution in [2.75, 3.05) is 11.9 Å². The molecule has 1 N–H and O–H groups in total. The molecule has 2 aromatic heterocycles. The number of rotatable bonds is 6. The van der Waals surface area contributed by atoms with E-state index in [-0.39, 0.29) is 5.91 Å². The van der Waals surface area contributed by atoms with Crippen molar-refractivity contribution in [2.24, 2.45) is 5.92 Å². The van der Waals surface area contributed by atoms with Crippen LogP contribution in [0.2, 0.25) is 0 Å². The fraction of sp³-hybridized carbons (Fsp3) is 0.222. The number of anilines is 1. The number of hydrogen-bond donors (Lipinski definition) is 1. The third-order valence-electron chi connectivity index (χ3n) is 3.97. The van der Waals surface area contributed by atoms with Crippen molar-refractivity contribution in [1.29, 1.82) is 0 Å². The summed E-state index contributed by atoms with van der Waals surface area (Å²) in [4.78, 5) is 20.9. The first-order chi connectivity index (χ1) is 12.3. The van der Waals surface area contributed by atoms with E-state index in [1.165, 1.54) is 30.2 Å². The van der Waals surface area contributed by atoms with E-state index in [0.29, 0.717) is 35.3 Å². The largest absolute Gasteiger partial charge is 0.492 e. The Morgan fingerprint density at radius 3 is 2.92 bits per heavy atom. The summed E-state index contributed by atoms with van der Waals surface area (Å²) in [5.41, 5.74) is 1.05. The van der Waals surface area contributed by atoms with Crippen LogP contribution in [0.15, 0.2) is 55.2 Å². The molecule has 1 fully saturated rings. The van der Waals surface area contributed by atoms with Crippen LogP contribution in [-0.2, 0) is 0 Å². The van der Waals surface area contributed by atoms with Gasteiger partial charge in [-0.1, -0.05) is 12.1 Å². The maximum absolute atomic E-state index is 12.8. The number of carbonyl (C=O) groups is 1. The van der Waals surface area contributed by atoms with Gasteiger partial charge in [0.05, 0.1) is 17.9 Å². The van der Waals surface area contributed by atoms with Crippen molar-refractivity contribution in [3.05, 3.63) is 60.8 Å². The van der Waals surface area contributed by atoms with E-state index in [1.54, 1.807) is 24.4 Å². The fourth-order valence-corrected chi connectivity index (χ4v) is 2.46. The van der Waals surface area contributed by atoms with Crippen LogP contribution in [-0.4, -0.2) is 32.3 Å². The van der Waals surface area contributed by atoms with E-state index in [4.69, 9.17) is 4.74 Å². The van der Waals surface area contributed by atoms with Crippen molar-refractivity contribution in [2.45, 2.75) is 12.8 Å². The van der Waals surface area contributed by atoms with Gasteiger partial charge in [-0.15, -0.1) is 0 Å². The summed E-state index contributed by atoms with van der Waals surface area (Å²) < 4.78 is 7.32. The van der Waals surface area contributed by atoms with Crippen LogP contribution < -0.4 is 10.1 Å². The Bertz CT molecular complexity index is 875. The van der Waals surface area contributed by atoms with Crippen LogP contribution in [0, 0.1) is 5.92 Å². The highest BCUT2D eigenvalue weighted by Crippen LogP contribution is 2.30. The van der Waals surface area contributed by atoms with E-state index in [0.717, 1.165) is 0 Å². The van der Waals surface area contributed by atoms with Gasteiger partial charge >= 0.3 is 0 Å².